The highest BCUT2D eigenvalue weighted by Gasteiger charge is 2.33. The molecule has 2 atom stereocenters. The normalized spacial score (nSPS) is 24.8. The molecule has 1 heterocycles. The summed E-state index contributed by atoms with van der Waals surface area (Å²) >= 11 is 0. The minimum atomic E-state index is 0.0499. The zero-order valence-electron chi connectivity index (χ0n) is 15.0. The highest BCUT2D eigenvalue weighted by Crippen LogP contribution is 2.32. The highest BCUT2D eigenvalue weighted by molar-refractivity contribution is 5.76. The molecule has 0 bridgehead atoms. The number of carbonyl (C=O) groups is 1. The number of benzene rings is 1. The second kappa shape index (κ2) is 8.13. The van der Waals surface area contributed by atoms with E-state index in [0.717, 1.165) is 31.8 Å². The Hall–Kier alpha value is -1.39. The van der Waals surface area contributed by atoms with Crippen LogP contribution in [0.15, 0.2) is 30.3 Å². The zero-order valence-corrected chi connectivity index (χ0v) is 15.0. The van der Waals surface area contributed by atoms with Crippen molar-refractivity contribution in [2.45, 2.75) is 31.8 Å². The lowest BCUT2D eigenvalue weighted by Gasteiger charge is -2.38. The van der Waals surface area contributed by atoms with Gasteiger partial charge in [-0.15, -0.1) is 0 Å². The molecule has 1 aromatic rings. The Bertz CT molecular complexity index is 528. The first kappa shape index (κ1) is 17.4. The maximum atomic E-state index is 11.9. The molecule has 132 valence electrons. The van der Waals surface area contributed by atoms with Crippen molar-refractivity contribution in [3.8, 4) is 0 Å². The first-order valence-electron chi connectivity index (χ1n) is 9.20. The molecule has 1 saturated carbocycles. The van der Waals surface area contributed by atoms with E-state index >= 15 is 0 Å². The Morgan fingerprint density at radius 1 is 1.21 bits per heavy atom. The topological polar surface area (TPSA) is 32.8 Å². The van der Waals surface area contributed by atoms with Crippen LogP contribution in [0.4, 0.5) is 0 Å². The number of piperidine rings is 1. The van der Waals surface area contributed by atoms with Crippen molar-refractivity contribution in [2.24, 2.45) is 11.8 Å². The lowest BCUT2D eigenvalue weighted by molar-refractivity contribution is -0.138. The van der Waals surface area contributed by atoms with Crippen LogP contribution in [0, 0.1) is 11.8 Å². The first-order chi connectivity index (χ1) is 11.6. The molecule has 1 amide bonds. The molecule has 4 heteroatoms. The van der Waals surface area contributed by atoms with Crippen LogP contribution in [-0.4, -0.2) is 62.1 Å². The summed E-state index contributed by atoms with van der Waals surface area (Å²) in [6.45, 7) is 3.63. The molecule has 0 spiro atoms. The van der Waals surface area contributed by atoms with Crippen LogP contribution in [0.25, 0.3) is 0 Å². The molecule has 3 rings (SSSR count). The summed E-state index contributed by atoms with van der Waals surface area (Å²) < 4.78 is 6.04. The van der Waals surface area contributed by atoms with E-state index in [-0.39, 0.29) is 18.6 Å². The number of hydrogen-bond donors (Lipinski definition) is 0. The third-order valence-electron chi connectivity index (χ3n) is 5.22. The van der Waals surface area contributed by atoms with Gasteiger partial charge >= 0.3 is 0 Å². The Labute approximate surface area is 145 Å². The summed E-state index contributed by atoms with van der Waals surface area (Å²) in [7, 11) is 3.57. The van der Waals surface area contributed by atoms with Crippen LogP contribution in [0.1, 0.15) is 24.8 Å². The molecule has 1 aromatic carbocycles. The van der Waals surface area contributed by atoms with Gasteiger partial charge in [0.15, 0.2) is 0 Å². The van der Waals surface area contributed by atoms with E-state index in [1.807, 2.05) is 0 Å². The van der Waals surface area contributed by atoms with Crippen LogP contribution in [0.5, 0.6) is 0 Å². The summed E-state index contributed by atoms with van der Waals surface area (Å²) in [4.78, 5) is 16.1. The number of rotatable bonds is 7. The lowest BCUT2D eigenvalue weighted by atomic mass is 9.88. The van der Waals surface area contributed by atoms with E-state index in [2.05, 4.69) is 35.2 Å². The van der Waals surface area contributed by atoms with E-state index in [1.54, 1.807) is 19.0 Å². The van der Waals surface area contributed by atoms with Crippen molar-refractivity contribution in [1.29, 1.82) is 0 Å². The van der Waals surface area contributed by atoms with E-state index in [4.69, 9.17) is 4.74 Å². The summed E-state index contributed by atoms with van der Waals surface area (Å²) in [6.07, 6.45) is 5.05. The van der Waals surface area contributed by atoms with Crippen molar-refractivity contribution in [2.75, 3.05) is 40.3 Å². The van der Waals surface area contributed by atoms with Gasteiger partial charge in [0.25, 0.3) is 0 Å². The Morgan fingerprint density at radius 2 is 1.96 bits per heavy atom. The summed E-state index contributed by atoms with van der Waals surface area (Å²) in [5, 5.41) is 0. The van der Waals surface area contributed by atoms with Gasteiger partial charge in [-0.2, -0.15) is 0 Å². The van der Waals surface area contributed by atoms with Crippen LogP contribution in [0.3, 0.4) is 0 Å². The van der Waals surface area contributed by atoms with Crippen LogP contribution < -0.4 is 0 Å². The van der Waals surface area contributed by atoms with E-state index < -0.39 is 0 Å². The van der Waals surface area contributed by atoms with Crippen LogP contribution in [-0.2, 0) is 16.0 Å². The fraction of sp³-hybridized carbons (Fsp3) is 0.650. The van der Waals surface area contributed by atoms with Gasteiger partial charge < -0.3 is 14.5 Å². The predicted molar refractivity (Wildman–Crippen MR) is 95.9 cm³/mol. The lowest BCUT2D eigenvalue weighted by Crippen LogP contribution is -2.46. The number of carbonyl (C=O) groups excluding carboxylic acids is 1. The second-order valence-electron chi connectivity index (χ2n) is 7.58. The number of amides is 1. The van der Waals surface area contributed by atoms with Crippen molar-refractivity contribution in [1.82, 2.24) is 9.80 Å². The SMILES string of the molecule is CN(C)C(=O)CO[C@@H]1CCN(CC2CC2)C[C@@H]1Cc1ccccc1. The molecule has 24 heavy (non-hydrogen) atoms. The van der Waals surface area contributed by atoms with Crippen molar-refractivity contribution in [3.05, 3.63) is 35.9 Å². The number of hydrogen-bond acceptors (Lipinski definition) is 3. The minimum Gasteiger partial charge on any atom is -0.368 e. The van der Waals surface area contributed by atoms with Gasteiger partial charge in [0.2, 0.25) is 5.91 Å². The van der Waals surface area contributed by atoms with Gasteiger partial charge in [-0.05, 0) is 37.2 Å². The largest absolute Gasteiger partial charge is 0.368 e. The first-order valence-corrected chi connectivity index (χ1v) is 9.20. The molecule has 0 aromatic heterocycles. The van der Waals surface area contributed by atoms with E-state index in [0.29, 0.717) is 5.92 Å². The van der Waals surface area contributed by atoms with Gasteiger partial charge in [-0.1, -0.05) is 30.3 Å². The number of likely N-dealkylation sites (N-methyl/N-ethyl adjacent to an activating group) is 1. The van der Waals surface area contributed by atoms with Gasteiger partial charge in [0.1, 0.15) is 6.61 Å². The number of likely N-dealkylation sites (tertiary alicyclic amines) is 1. The number of ether oxygens (including phenoxy) is 1. The molecule has 2 fully saturated rings. The molecule has 4 nitrogen and oxygen atoms in total. The summed E-state index contributed by atoms with van der Waals surface area (Å²) in [5.41, 5.74) is 1.36. The maximum absolute atomic E-state index is 11.9. The van der Waals surface area contributed by atoms with Gasteiger partial charge in [-0.25, -0.2) is 0 Å². The van der Waals surface area contributed by atoms with Gasteiger partial charge in [0.05, 0.1) is 6.10 Å². The minimum absolute atomic E-state index is 0.0499. The molecule has 1 aliphatic carbocycles. The number of nitrogens with zero attached hydrogens (tertiary/aromatic N) is 2. The molecular formula is C20H30N2O2. The van der Waals surface area contributed by atoms with Crippen molar-refractivity contribution in [3.63, 3.8) is 0 Å². The smallest absolute Gasteiger partial charge is 0.248 e. The molecule has 1 aliphatic heterocycles. The third-order valence-corrected chi connectivity index (χ3v) is 5.22. The molecule has 0 unspecified atom stereocenters. The monoisotopic (exact) mass is 330 g/mol. The van der Waals surface area contributed by atoms with Crippen LogP contribution in [0.2, 0.25) is 0 Å². The summed E-state index contributed by atoms with van der Waals surface area (Å²) in [6, 6.07) is 10.7. The van der Waals surface area contributed by atoms with Crippen LogP contribution >= 0.6 is 0 Å². The molecule has 1 saturated heterocycles. The molecule has 2 aliphatic rings. The average molecular weight is 330 g/mol. The van der Waals surface area contributed by atoms with E-state index in [9.17, 15) is 4.79 Å². The standard InChI is InChI=1S/C20H30N2O2/c1-21(2)20(23)15-24-19-10-11-22(13-17-8-9-17)14-18(19)12-16-6-4-3-5-7-16/h3-7,17-19H,8-15H2,1-2H3/t18-,19+/m0/s1. The molecular weight excluding hydrogens is 300 g/mol. The average Bonchev–Trinajstić information content (AvgIpc) is 3.38. The Kier molecular flexibility index (Phi) is 5.90. The molecule has 0 radical (unpaired) electrons. The third kappa shape index (κ3) is 5.05. The maximum Gasteiger partial charge on any atom is 0.248 e. The van der Waals surface area contributed by atoms with Gasteiger partial charge in [-0.3, -0.25) is 4.79 Å². The zero-order chi connectivity index (χ0) is 16.9. The fourth-order valence-corrected chi connectivity index (χ4v) is 3.56. The summed E-state index contributed by atoms with van der Waals surface area (Å²) in [5.74, 6) is 1.44. The van der Waals surface area contributed by atoms with Gasteiger partial charge in [0, 0.05) is 39.6 Å². The van der Waals surface area contributed by atoms with Crippen molar-refractivity contribution >= 4 is 5.91 Å². The predicted octanol–water partition coefficient (Wildman–Crippen LogP) is 2.43. The quantitative estimate of drug-likeness (QED) is 0.770. The van der Waals surface area contributed by atoms with Crippen molar-refractivity contribution < 1.29 is 9.53 Å². The Morgan fingerprint density at radius 3 is 2.62 bits per heavy atom. The Balaban J connectivity index is 1.60. The highest BCUT2D eigenvalue weighted by atomic mass is 16.5. The molecule has 0 N–H and O–H groups in total. The fourth-order valence-electron chi connectivity index (χ4n) is 3.56. The van der Waals surface area contributed by atoms with E-state index in [1.165, 1.54) is 24.9 Å². The second-order valence-corrected chi connectivity index (χ2v) is 7.58.